The minimum Gasteiger partial charge on any atom is -0.494 e. The molecule has 0 aliphatic heterocycles. The predicted octanol–water partition coefficient (Wildman–Crippen LogP) is 5.69. The van der Waals surface area contributed by atoms with Gasteiger partial charge in [0, 0.05) is 13.2 Å². The molecule has 0 saturated carbocycles. The zero-order valence-electron chi connectivity index (χ0n) is 24.0. The van der Waals surface area contributed by atoms with Gasteiger partial charge in [-0.15, -0.1) is 0 Å². The van der Waals surface area contributed by atoms with Gasteiger partial charge in [0.1, 0.15) is 28.6 Å². The van der Waals surface area contributed by atoms with Gasteiger partial charge in [0.15, 0.2) is 0 Å². The molecule has 43 heavy (non-hydrogen) atoms. The van der Waals surface area contributed by atoms with Gasteiger partial charge in [-0.25, -0.2) is 14.4 Å². The average Bonchev–Trinajstić information content (AvgIpc) is 3.01. The summed E-state index contributed by atoms with van der Waals surface area (Å²) in [5.74, 6) is -1.84. The highest BCUT2D eigenvalue weighted by molar-refractivity contribution is 5.96. The quantitative estimate of drug-likeness (QED) is 0.0898. The Hall–Kier alpha value is -4.41. The third-order valence-corrected chi connectivity index (χ3v) is 6.42. The number of aromatic carboxylic acids is 1. The van der Waals surface area contributed by atoms with E-state index in [0.717, 1.165) is 57.4 Å². The molecule has 0 spiro atoms. The molecule has 0 atom stereocenters. The van der Waals surface area contributed by atoms with Crippen molar-refractivity contribution in [1.29, 1.82) is 0 Å². The molecule has 3 rings (SSSR count). The van der Waals surface area contributed by atoms with E-state index < -0.39 is 17.9 Å². The lowest BCUT2D eigenvalue weighted by molar-refractivity contribution is 0.0670. The maximum Gasteiger partial charge on any atom is 0.343 e. The number of hydrogen-bond acceptors (Lipinski definition) is 9. The second-order valence-electron chi connectivity index (χ2n) is 9.76. The van der Waals surface area contributed by atoms with Crippen LogP contribution < -0.4 is 18.9 Å². The van der Waals surface area contributed by atoms with Gasteiger partial charge in [-0.1, -0.05) is 12.8 Å². The average molecular weight is 595 g/mol. The van der Waals surface area contributed by atoms with E-state index in [9.17, 15) is 19.5 Å². The summed E-state index contributed by atoms with van der Waals surface area (Å²) in [6.07, 6.45) is 7.04. The first-order chi connectivity index (χ1) is 20.9. The number of hydrogen-bond donors (Lipinski definition) is 3. The van der Waals surface area contributed by atoms with Crippen molar-refractivity contribution in [1.82, 2.24) is 0 Å². The Morgan fingerprint density at radius 2 is 0.977 bits per heavy atom. The molecule has 0 aromatic heterocycles. The van der Waals surface area contributed by atoms with Crippen molar-refractivity contribution in [3.05, 3.63) is 83.4 Å². The zero-order chi connectivity index (χ0) is 30.9. The lowest BCUT2D eigenvalue weighted by atomic mass is 10.1. The van der Waals surface area contributed by atoms with Crippen molar-refractivity contribution < 1.29 is 48.7 Å². The summed E-state index contributed by atoms with van der Waals surface area (Å²) in [4.78, 5) is 37.2. The maximum atomic E-state index is 12.7. The lowest BCUT2D eigenvalue weighted by Gasteiger charge is -2.11. The highest BCUT2D eigenvalue weighted by atomic mass is 16.5. The van der Waals surface area contributed by atoms with Crippen molar-refractivity contribution in [3.8, 4) is 23.0 Å². The van der Waals surface area contributed by atoms with E-state index in [1.165, 1.54) is 24.3 Å². The first-order valence-corrected chi connectivity index (χ1v) is 14.4. The molecule has 0 aliphatic rings. The number of benzene rings is 3. The maximum absolute atomic E-state index is 12.7. The van der Waals surface area contributed by atoms with Crippen LogP contribution in [0.3, 0.4) is 0 Å². The van der Waals surface area contributed by atoms with E-state index in [2.05, 4.69) is 0 Å². The molecule has 0 heterocycles. The van der Waals surface area contributed by atoms with Crippen LogP contribution >= 0.6 is 0 Å². The molecule has 3 aromatic carbocycles. The minimum absolute atomic E-state index is 0.0248. The topological polar surface area (TPSA) is 149 Å². The molecular weight excluding hydrogens is 556 g/mol. The summed E-state index contributed by atoms with van der Waals surface area (Å²) in [5, 5.41) is 27.3. The number of esters is 2. The Morgan fingerprint density at radius 1 is 0.535 bits per heavy atom. The summed E-state index contributed by atoms with van der Waals surface area (Å²) >= 11 is 0. The van der Waals surface area contributed by atoms with Crippen LogP contribution in [0.2, 0.25) is 0 Å². The van der Waals surface area contributed by atoms with Crippen LogP contribution in [0.15, 0.2) is 66.7 Å². The fourth-order valence-electron chi connectivity index (χ4n) is 4.04. The third kappa shape index (κ3) is 11.4. The number of rotatable bonds is 19. The molecule has 0 aliphatic carbocycles. The highest BCUT2D eigenvalue weighted by Gasteiger charge is 2.19. The number of carboxylic acid groups (broad SMARTS) is 1. The first-order valence-electron chi connectivity index (χ1n) is 14.4. The second kappa shape index (κ2) is 18.2. The molecule has 10 heteroatoms. The van der Waals surface area contributed by atoms with Crippen molar-refractivity contribution in [2.45, 2.75) is 51.4 Å². The van der Waals surface area contributed by atoms with Crippen molar-refractivity contribution >= 4 is 17.9 Å². The second-order valence-corrected chi connectivity index (χ2v) is 9.76. The predicted molar refractivity (Wildman–Crippen MR) is 158 cm³/mol. The van der Waals surface area contributed by atoms with E-state index in [1.807, 2.05) is 0 Å². The molecule has 0 radical (unpaired) electrons. The number of aliphatic hydroxyl groups is 2. The summed E-state index contributed by atoms with van der Waals surface area (Å²) in [5.41, 5.74) is 0.107. The van der Waals surface area contributed by atoms with E-state index in [1.54, 1.807) is 36.4 Å². The Balaban J connectivity index is 1.53. The normalized spacial score (nSPS) is 10.7. The molecule has 0 unspecified atom stereocenters. The number of carbonyl (C=O) groups excluding carboxylic acids is 2. The van der Waals surface area contributed by atoms with Crippen molar-refractivity contribution in [2.75, 3.05) is 26.4 Å². The fourth-order valence-corrected chi connectivity index (χ4v) is 4.04. The Morgan fingerprint density at radius 3 is 1.44 bits per heavy atom. The van der Waals surface area contributed by atoms with Gasteiger partial charge >= 0.3 is 17.9 Å². The molecule has 3 aromatic rings. The summed E-state index contributed by atoms with van der Waals surface area (Å²) < 4.78 is 22.0. The Kier molecular flexibility index (Phi) is 14.0. The van der Waals surface area contributed by atoms with Gasteiger partial charge in [0.2, 0.25) is 0 Å². The third-order valence-electron chi connectivity index (χ3n) is 6.42. The smallest absolute Gasteiger partial charge is 0.343 e. The lowest BCUT2D eigenvalue weighted by Crippen LogP contribution is -2.13. The van der Waals surface area contributed by atoms with Gasteiger partial charge in [0.05, 0.1) is 24.3 Å². The Labute approximate surface area is 250 Å². The molecular formula is C33H38O10. The summed E-state index contributed by atoms with van der Waals surface area (Å²) in [7, 11) is 0. The molecule has 10 nitrogen and oxygen atoms in total. The van der Waals surface area contributed by atoms with Crippen LogP contribution in [0, 0.1) is 0 Å². The van der Waals surface area contributed by atoms with Gasteiger partial charge in [-0.2, -0.15) is 0 Å². The SMILES string of the molecule is O=C(Oc1ccc(OC(=O)c2ccc(OCCCCCCO)cc2)c(C(=O)O)c1)c1ccc(OCCCCCCO)cc1. The molecule has 0 bridgehead atoms. The largest absolute Gasteiger partial charge is 0.494 e. The van der Waals surface area contributed by atoms with Crippen molar-refractivity contribution in [3.63, 3.8) is 0 Å². The van der Waals surface area contributed by atoms with Crippen LogP contribution in [0.4, 0.5) is 0 Å². The van der Waals surface area contributed by atoms with Crippen LogP contribution in [0.5, 0.6) is 23.0 Å². The zero-order valence-corrected chi connectivity index (χ0v) is 24.0. The molecule has 3 N–H and O–H groups in total. The number of carboxylic acids is 1. The summed E-state index contributed by atoms with van der Waals surface area (Å²) in [6, 6.07) is 16.4. The summed E-state index contributed by atoms with van der Waals surface area (Å²) in [6.45, 7) is 1.41. The monoisotopic (exact) mass is 594 g/mol. The van der Waals surface area contributed by atoms with Gasteiger partial charge in [-0.3, -0.25) is 0 Å². The van der Waals surface area contributed by atoms with Crippen LogP contribution in [0.25, 0.3) is 0 Å². The van der Waals surface area contributed by atoms with E-state index in [0.29, 0.717) is 24.7 Å². The molecule has 0 amide bonds. The molecule has 0 fully saturated rings. The van der Waals surface area contributed by atoms with E-state index in [-0.39, 0.29) is 41.4 Å². The van der Waals surface area contributed by atoms with Crippen LogP contribution in [0.1, 0.15) is 82.4 Å². The van der Waals surface area contributed by atoms with Gasteiger partial charge in [-0.05, 0) is 105 Å². The van der Waals surface area contributed by atoms with Gasteiger partial charge in [0.25, 0.3) is 0 Å². The molecule has 230 valence electrons. The number of ether oxygens (including phenoxy) is 4. The number of carbonyl (C=O) groups is 3. The van der Waals surface area contributed by atoms with Crippen molar-refractivity contribution in [2.24, 2.45) is 0 Å². The Bertz CT molecular complexity index is 1300. The van der Waals surface area contributed by atoms with Crippen LogP contribution in [-0.2, 0) is 0 Å². The highest BCUT2D eigenvalue weighted by Crippen LogP contribution is 2.27. The van der Waals surface area contributed by atoms with E-state index in [4.69, 9.17) is 29.2 Å². The number of aliphatic hydroxyl groups excluding tert-OH is 2. The fraction of sp³-hybridized carbons (Fsp3) is 0.364. The molecule has 0 saturated heterocycles. The van der Waals surface area contributed by atoms with Crippen LogP contribution in [-0.4, -0.2) is 59.7 Å². The van der Waals surface area contributed by atoms with E-state index >= 15 is 0 Å². The van der Waals surface area contributed by atoms with Gasteiger partial charge < -0.3 is 34.3 Å². The standard InChI is InChI=1S/C33H38O10/c34-19-5-1-3-7-21-40-26-13-9-24(10-14-26)32(38)42-28-17-18-30(29(23-28)31(36)37)43-33(39)25-11-15-27(16-12-25)41-22-8-4-2-6-20-35/h9-18,23,34-35H,1-8,19-22H2,(H,36,37). The number of unbranched alkanes of at least 4 members (excludes halogenated alkanes) is 6. The minimum atomic E-state index is -1.36. The first kappa shape index (κ1) is 33.1.